The Labute approximate surface area is 194 Å². The largest absolute Gasteiger partial charge is 0.506 e. The van der Waals surface area contributed by atoms with Gasteiger partial charge in [0.25, 0.3) is 0 Å². The Morgan fingerprint density at radius 1 is 1.00 bits per heavy atom. The zero-order chi connectivity index (χ0) is 24.2. The molecular weight excluding hydrogens is 420 g/mol. The molecule has 3 N–H and O–H groups in total. The van der Waals surface area contributed by atoms with Crippen molar-refractivity contribution in [2.24, 2.45) is 5.92 Å². The molecular formula is C26H32N2O5. The number of aromatic hydroxyl groups is 1. The molecule has 2 aromatic carbocycles. The van der Waals surface area contributed by atoms with E-state index in [9.17, 15) is 24.6 Å². The lowest BCUT2D eigenvalue weighted by molar-refractivity contribution is -0.146. The van der Waals surface area contributed by atoms with E-state index in [-0.39, 0.29) is 23.5 Å². The molecule has 2 amide bonds. The lowest BCUT2D eigenvalue weighted by atomic mass is 9.78. The predicted octanol–water partition coefficient (Wildman–Crippen LogP) is 4.72. The summed E-state index contributed by atoms with van der Waals surface area (Å²) in [4.78, 5) is 37.9. The van der Waals surface area contributed by atoms with Gasteiger partial charge in [0.1, 0.15) is 11.3 Å². The van der Waals surface area contributed by atoms with Crippen LogP contribution in [0.15, 0.2) is 48.5 Å². The molecule has 3 rings (SSSR count). The van der Waals surface area contributed by atoms with Crippen molar-refractivity contribution in [3.8, 4) is 5.75 Å². The fourth-order valence-electron chi connectivity index (χ4n) is 4.28. The molecule has 176 valence electrons. The van der Waals surface area contributed by atoms with Gasteiger partial charge in [-0.05, 0) is 75.3 Å². The SMILES string of the molecule is CCC(=O)N(c1ccc(C2CCC(C(=O)NC(C)(C)C(=O)O)CC2)cc1)c1ccccc1O. The number of carbonyl (C=O) groups excluding carboxylic acids is 2. The molecule has 1 fully saturated rings. The third-order valence-corrected chi connectivity index (χ3v) is 6.37. The number of phenolic OH excluding ortho intramolecular Hbond substituents is 1. The molecule has 0 saturated heterocycles. The maximum absolute atomic E-state index is 12.6. The molecule has 0 radical (unpaired) electrons. The number of para-hydroxylation sites is 2. The monoisotopic (exact) mass is 452 g/mol. The zero-order valence-corrected chi connectivity index (χ0v) is 19.4. The normalized spacial score (nSPS) is 18.4. The minimum atomic E-state index is -1.28. The first-order valence-corrected chi connectivity index (χ1v) is 11.4. The van der Waals surface area contributed by atoms with Gasteiger partial charge in [-0.2, -0.15) is 0 Å². The maximum Gasteiger partial charge on any atom is 0.328 e. The smallest absolute Gasteiger partial charge is 0.328 e. The number of carbonyl (C=O) groups is 3. The number of hydrogen-bond donors (Lipinski definition) is 3. The fourth-order valence-corrected chi connectivity index (χ4v) is 4.28. The van der Waals surface area contributed by atoms with Gasteiger partial charge in [-0.3, -0.25) is 14.5 Å². The molecule has 0 aromatic heterocycles. The van der Waals surface area contributed by atoms with E-state index in [1.165, 1.54) is 18.7 Å². The molecule has 0 bridgehead atoms. The fraction of sp³-hybridized carbons (Fsp3) is 0.423. The first kappa shape index (κ1) is 24.3. The van der Waals surface area contributed by atoms with Crippen LogP contribution in [0.25, 0.3) is 0 Å². The van der Waals surface area contributed by atoms with Crippen molar-refractivity contribution in [1.82, 2.24) is 5.32 Å². The highest BCUT2D eigenvalue weighted by atomic mass is 16.4. The Morgan fingerprint density at radius 2 is 1.61 bits per heavy atom. The van der Waals surface area contributed by atoms with Gasteiger partial charge in [0, 0.05) is 18.0 Å². The number of hydrogen-bond acceptors (Lipinski definition) is 4. The summed E-state index contributed by atoms with van der Waals surface area (Å²) in [5.41, 5.74) is 1.01. The molecule has 2 aromatic rings. The molecule has 1 aliphatic carbocycles. The van der Waals surface area contributed by atoms with Crippen LogP contribution in [0.4, 0.5) is 11.4 Å². The molecule has 33 heavy (non-hydrogen) atoms. The van der Waals surface area contributed by atoms with Crippen molar-refractivity contribution in [2.75, 3.05) is 4.90 Å². The zero-order valence-electron chi connectivity index (χ0n) is 19.4. The first-order valence-electron chi connectivity index (χ1n) is 11.4. The lowest BCUT2D eigenvalue weighted by Crippen LogP contribution is -2.51. The summed E-state index contributed by atoms with van der Waals surface area (Å²) in [6, 6.07) is 14.6. The molecule has 1 saturated carbocycles. The summed E-state index contributed by atoms with van der Waals surface area (Å²) < 4.78 is 0. The average Bonchev–Trinajstić information content (AvgIpc) is 2.80. The highest BCUT2D eigenvalue weighted by Gasteiger charge is 2.34. The molecule has 1 aliphatic rings. The van der Waals surface area contributed by atoms with Gasteiger partial charge in [-0.15, -0.1) is 0 Å². The van der Waals surface area contributed by atoms with E-state index < -0.39 is 11.5 Å². The highest BCUT2D eigenvalue weighted by molar-refractivity contribution is 6.01. The summed E-state index contributed by atoms with van der Waals surface area (Å²) >= 11 is 0. The number of carboxylic acid groups (broad SMARTS) is 1. The lowest BCUT2D eigenvalue weighted by Gasteiger charge is -2.31. The highest BCUT2D eigenvalue weighted by Crippen LogP contribution is 2.38. The molecule has 0 aliphatic heterocycles. The van der Waals surface area contributed by atoms with E-state index in [2.05, 4.69) is 5.32 Å². The number of anilines is 2. The number of rotatable bonds is 7. The van der Waals surface area contributed by atoms with Crippen LogP contribution in [0, 0.1) is 5.92 Å². The van der Waals surface area contributed by atoms with Crippen LogP contribution in [-0.2, 0) is 14.4 Å². The number of phenols is 1. The standard InChI is InChI=1S/C26H32N2O5/c1-4-23(30)28(21-7-5-6-8-22(21)29)20-15-13-18(14-16-20)17-9-11-19(12-10-17)24(31)27-26(2,3)25(32)33/h5-8,13-17,19,29H,4,9-12H2,1-3H3,(H,27,31)(H,32,33). The van der Waals surface area contributed by atoms with Crippen molar-refractivity contribution >= 4 is 29.2 Å². The number of aliphatic carboxylic acids is 1. The van der Waals surface area contributed by atoms with Crippen LogP contribution in [0.1, 0.15) is 64.4 Å². The number of benzene rings is 2. The molecule has 0 unspecified atom stereocenters. The Bertz CT molecular complexity index is 1010. The molecule has 7 nitrogen and oxygen atoms in total. The van der Waals surface area contributed by atoms with Crippen LogP contribution in [0.2, 0.25) is 0 Å². The molecule has 7 heteroatoms. The molecule has 0 atom stereocenters. The number of nitrogens with one attached hydrogen (secondary N) is 1. The average molecular weight is 453 g/mol. The van der Waals surface area contributed by atoms with Gasteiger partial charge in [0.2, 0.25) is 11.8 Å². The maximum atomic E-state index is 12.6. The van der Waals surface area contributed by atoms with Gasteiger partial charge in [0.15, 0.2) is 0 Å². The third-order valence-electron chi connectivity index (χ3n) is 6.37. The second-order valence-corrected chi connectivity index (χ2v) is 9.13. The van der Waals surface area contributed by atoms with Crippen molar-refractivity contribution in [3.05, 3.63) is 54.1 Å². The predicted molar refractivity (Wildman–Crippen MR) is 127 cm³/mol. The van der Waals surface area contributed by atoms with Gasteiger partial charge in [-0.25, -0.2) is 4.79 Å². The van der Waals surface area contributed by atoms with Crippen LogP contribution in [0.5, 0.6) is 5.75 Å². The number of nitrogens with zero attached hydrogens (tertiary/aromatic N) is 1. The molecule has 0 spiro atoms. The van der Waals surface area contributed by atoms with E-state index in [1.54, 1.807) is 31.2 Å². The van der Waals surface area contributed by atoms with Crippen LogP contribution in [0.3, 0.4) is 0 Å². The van der Waals surface area contributed by atoms with E-state index in [0.717, 1.165) is 18.4 Å². The minimum absolute atomic E-state index is 0.0473. The van der Waals surface area contributed by atoms with Crippen LogP contribution >= 0.6 is 0 Å². The topological polar surface area (TPSA) is 107 Å². The quantitative estimate of drug-likeness (QED) is 0.563. The van der Waals surface area contributed by atoms with Crippen molar-refractivity contribution in [1.29, 1.82) is 0 Å². The summed E-state index contributed by atoms with van der Waals surface area (Å²) in [6.45, 7) is 4.76. The van der Waals surface area contributed by atoms with E-state index in [4.69, 9.17) is 0 Å². The van der Waals surface area contributed by atoms with Crippen molar-refractivity contribution < 1.29 is 24.6 Å². The van der Waals surface area contributed by atoms with Gasteiger partial charge < -0.3 is 15.5 Å². The van der Waals surface area contributed by atoms with Gasteiger partial charge in [-0.1, -0.05) is 31.2 Å². The van der Waals surface area contributed by atoms with Crippen molar-refractivity contribution in [2.45, 2.75) is 64.3 Å². The van der Waals surface area contributed by atoms with Gasteiger partial charge >= 0.3 is 5.97 Å². The second kappa shape index (κ2) is 10.1. The first-order chi connectivity index (χ1) is 15.6. The summed E-state index contributed by atoms with van der Waals surface area (Å²) in [6.07, 6.45) is 3.38. The Morgan fingerprint density at radius 3 is 2.15 bits per heavy atom. The Balaban J connectivity index is 1.68. The molecule has 0 heterocycles. The number of amides is 2. The van der Waals surface area contributed by atoms with E-state index >= 15 is 0 Å². The van der Waals surface area contributed by atoms with Crippen LogP contribution in [-0.4, -0.2) is 33.5 Å². The number of carboxylic acids is 1. The second-order valence-electron chi connectivity index (χ2n) is 9.13. The summed E-state index contributed by atoms with van der Waals surface area (Å²) in [7, 11) is 0. The summed E-state index contributed by atoms with van der Waals surface area (Å²) in [5, 5.41) is 22.1. The third kappa shape index (κ3) is 5.53. The summed E-state index contributed by atoms with van der Waals surface area (Å²) in [5.74, 6) is -1.20. The Kier molecular flexibility index (Phi) is 7.41. The van der Waals surface area contributed by atoms with Gasteiger partial charge in [0.05, 0.1) is 5.69 Å². The van der Waals surface area contributed by atoms with E-state index in [1.807, 2.05) is 24.3 Å². The van der Waals surface area contributed by atoms with E-state index in [0.29, 0.717) is 36.6 Å². The van der Waals surface area contributed by atoms with Crippen molar-refractivity contribution in [3.63, 3.8) is 0 Å². The Hall–Kier alpha value is -3.35. The van der Waals surface area contributed by atoms with Crippen LogP contribution < -0.4 is 10.2 Å². The minimum Gasteiger partial charge on any atom is -0.506 e.